The van der Waals surface area contributed by atoms with Crippen LogP contribution in [0.5, 0.6) is 0 Å². The maximum Gasteiger partial charge on any atom is 0.0634 e. The maximum atomic E-state index is 10.4. The molecule has 0 saturated carbocycles. The Bertz CT molecular complexity index is 388. The van der Waals surface area contributed by atoms with Crippen LogP contribution in [0.4, 0.5) is 0 Å². The average molecular weight is 233 g/mol. The van der Waals surface area contributed by atoms with E-state index >= 15 is 0 Å². The van der Waals surface area contributed by atoms with Gasteiger partial charge < -0.3 is 10.8 Å². The van der Waals surface area contributed by atoms with Crippen LogP contribution in [0.25, 0.3) is 0 Å². The number of aliphatic hydroxyl groups is 1. The number of hydrogen-bond acceptors (Lipinski definition) is 2. The summed E-state index contributed by atoms with van der Waals surface area (Å²) in [5.41, 5.74) is 8.64. The molecule has 2 rings (SSSR count). The maximum absolute atomic E-state index is 10.4. The Morgan fingerprint density at radius 3 is 2.53 bits per heavy atom. The summed E-state index contributed by atoms with van der Waals surface area (Å²) < 4.78 is 0. The standard InChI is InChI=1S/C15H23NO/c1-11(2)14(17)15(10-16)8-7-12-5-3-4-6-13(12)9-15/h3-6,11,14,17H,7-10,16H2,1-2H3. The summed E-state index contributed by atoms with van der Waals surface area (Å²) in [4.78, 5) is 0. The molecule has 0 fully saturated rings. The summed E-state index contributed by atoms with van der Waals surface area (Å²) in [5, 5.41) is 10.4. The molecule has 2 nitrogen and oxygen atoms in total. The van der Waals surface area contributed by atoms with E-state index in [9.17, 15) is 5.11 Å². The Morgan fingerprint density at radius 2 is 1.94 bits per heavy atom. The summed E-state index contributed by atoms with van der Waals surface area (Å²) >= 11 is 0. The molecule has 0 heterocycles. The van der Waals surface area contributed by atoms with Gasteiger partial charge in [-0.15, -0.1) is 0 Å². The number of rotatable bonds is 3. The zero-order valence-electron chi connectivity index (χ0n) is 10.8. The second-order valence-electron chi connectivity index (χ2n) is 5.70. The molecule has 94 valence electrons. The van der Waals surface area contributed by atoms with Crippen LogP contribution < -0.4 is 5.73 Å². The van der Waals surface area contributed by atoms with Crippen LogP contribution in [0.15, 0.2) is 24.3 Å². The molecule has 0 aromatic heterocycles. The largest absolute Gasteiger partial charge is 0.392 e. The number of fused-ring (bicyclic) bond motifs is 1. The molecule has 0 spiro atoms. The lowest BCUT2D eigenvalue weighted by molar-refractivity contribution is -0.0132. The molecular weight excluding hydrogens is 210 g/mol. The van der Waals surface area contributed by atoms with Gasteiger partial charge in [-0.1, -0.05) is 38.1 Å². The molecule has 3 N–H and O–H groups in total. The summed E-state index contributed by atoms with van der Waals surface area (Å²) in [5.74, 6) is 0.267. The highest BCUT2D eigenvalue weighted by molar-refractivity contribution is 5.31. The van der Waals surface area contributed by atoms with E-state index in [1.165, 1.54) is 11.1 Å². The first-order valence-corrected chi connectivity index (χ1v) is 6.54. The number of aryl methyl sites for hydroxylation is 1. The predicted octanol–water partition coefficient (Wildman–Crippen LogP) is 2.14. The molecule has 1 aromatic carbocycles. The van der Waals surface area contributed by atoms with Crippen LogP contribution in [0, 0.1) is 11.3 Å². The van der Waals surface area contributed by atoms with E-state index in [2.05, 4.69) is 38.1 Å². The molecule has 1 aromatic rings. The predicted molar refractivity (Wildman–Crippen MR) is 70.8 cm³/mol. The van der Waals surface area contributed by atoms with Crippen molar-refractivity contribution in [3.05, 3.63) is 35.4 Å². The third-order valence-corrected chi connectivity index (χ3v) is 4.22. The Morgan fingerprint density at radius 1 is 1.29 bits per heavy atom. The summed E-state index contributed by atoms with van der Waals surface area (Å²) in [6.07, 6.45) is 2.65. The molecule has 2 atom stereocenters. The fraction of sp³-hybridized carbons (Fsp3) is 0.600. The first-order chi connectivity index (χ1) is 8.09. The third-order valence-electron chi connectivity index (χ3n) is 4.22. The summed E-state index contributed by atoms with van der Waals surface area (Å²) in [7, 11) is 0. The lowest BCUT2D eigenvalue weighted by Crippen LogP contribution is -2.48. The highest BCUT2D eigenvalue weighted by Crippen LogP contribution is 2.39. The molecule has 1 aliphatic carbocycles. The average Bonchev–Trinajstić information content (AvgIpc) is 2.37. The van der Waals surface area contributed by atoms with Crippen LogP contribution >= 0.6 is 0 Å². The monoisotopic (exact) mass is 233 g/mol. The number of benzene rings is 1. The lowest BCUT2D eigenvalue weighted by atomic mass is 9.66. The third kappa shape index (κ3) is 2.24. The Balaban J connectivity index is 2.29. The van der Waals surface area contributed by atoms with Gasteiger partial charge in [0.05, 0.1) is 6.10 Å². The molecule has 0 amide bonds. The highest BCUT2D eigenvalue weighted by Gasteiger charge is 2.40. The molecule has 1 aliphatic rings. The van der Waals surface area contributed by atoms with Gasteiger partial charge in [0.1, 0.15) is 0 Å². The second kappa shape index (κ2) is 4.79. The second-order valence-corrected chi connectivity index (χ2v) is 5.70. The normalized spacial score (nSPS) is 25.7. The van der Waals surface area contributed by atoms with Crippen molar-refractivity contribution in [2.24, 2.45) is 17.1 Å². The van der Waals surface area contributed by atoms with Gasteiger partial charge in [0, 0.05) is 12.0 Å². The van der Waals surface area contributed by atoms with Crippen LogP contribution in [-0.2, 0) is 12.8 Å². The molecule has 2 heteroatoms. The molecule has 2 unspecified atom stereocenters. The van der Waals surface area contributed by atoms with Crippen molar-refractivity contribution < 1.29 is 5.11 Å². The van der Waals surface area contributed by atoms with E-state index in [0.29, 0.717) is 6.54 Å². The van der Waals surface area contributed by atoms with Crippen LogP contribution in [-0.4, -0.2) is 17.8 Å². The minimum absolute atomic E-state index is 0.123. The Labute approximate surface area is 104 Å². The molecule has 0 saturated heterocycles. The van der Waals surface area contributed by atoms with Crippen molar-refractivity contribution in [2.45, 2.75) is 39.2 Å². The topological polar surface area (TPSA) is 46.2 Å². The van der Waals surface area contributed by atoms with Crippen molar-refractivity contribution in [2.75, 3.05) is 6.54 Å². The van der Waals surface area contributed by atoms with Gasteiger partial charge in [-0.3, -0.25) is 0 Å². The van der Waals surface area contributed by atoms with E-state index in [4.69, 9.17) is 5.73 Å². The molecular formula is C15H23NO. The van der Waals surface area contributed by atoms with Crippen LogP contribution in [0.1, 0.15) is 31.4 Å². The van der Waals surface area contributed by atoms with E-state index in [1.54, 1.807) is 0 Å². The van der Waals surface area contributed by atoms with E-state index in [0.717, 1.165) is 19.3 Å². The number of hydrogen-bond donors (Lipinski definition) is 2. The van der Waals surface area contributed by atoms with Crippen molar-refractivity contribution in [3.63, 3.8) is 0 Å². The number of nitrogens with two attached hydrogens (primary N) is 1. The molecule has 17 heavy (non-hydrogen) atoms. The quantitative estimate of drug-likeness (QED) is 0.840. The van der Waals surface area contributed by atoms with Crippen molar-refractivity contribution >= 4 is 0 Å². The Hall–Kier alpha value is -0.860. The van der Waals surface area contributed by atoms with E-state index < -0.39 is 0 Å². The van der Waals surface area contributed by atoms with Crippen molar-refractivity contribution in [3.8, 4) is 0 Å². The van der Waals surface area contributed by atoms with Crippen molar-refractivity contribution in [1.82, 2.24) is 0 Å². The minimum Gasteiger partial charge on any atom is -0.392 e. The van der Waals surface area contributed by atoms with Gasteiger partial charge >= 0.3 is 0 Å². The lowest BCUT2D eigenvalue weighted by Gasteiger charge is -2.42. The fourth-order valence-electron chi connectivity index (χ4n) is 3.08. The van der Waals surface area contributed by atoms with Crippen LogP contribution in [0.2, 0.25) is 0 Å². The molecule has 0 radical (unpaired) electrons. The SMILES string of the molecule is CC(C)C(O)C1(CN)CCc2ccccc2C1. The molecule has 0 aliphatic heterocycles. The zero-order valence-corrected chi connectivity index (χ0v) is 10.8. The van der Waals surface area contributed by atoms with Gasteiger partial charge in [0.2, 0.25) is 0 Å². The smallest absolute Gasteiger partial charge is 0.0634 e. The van der Waals surface area contributed by atoms with Gasteiger partial charge in [-0.2, -0.15) is 0 Å². The fourth-order valence-corrected chi connectivity index (χ4v) is 3.08. The summed E-state index contributed by atoms with van der Waals surface area (Å²) in [6.45, 7) is 4.71. The summed E-state index contributed by atoms with van der Waals surface area (Å²) in [6, 6.07) is 8.53. The van der Waals surface area contributed by atoms with Gasteiger partial charge in [0.15, 0.2) is 0 Å². The van der Waals surface area contributed by atoms with Gasteiger partial charge in [-0.05, 0) is 36.3 Å². The van der Waals surface area contributed by atoms with E-state index in [1.807, 2.05) is 0 Å². The first kappa shape index (κ1) is 12.6. The minimum atomic E-state index is -0.305. The van der Waals surface area contributed by atoms with Gasteiger partial charge in [-0.25, -0.2) is 0 Å². The van der Waals surface area contributed by atoms with Gasteiger partial charge in [0.25, 0.3) is 0 Å². The van der Waals surface area contributed by atoms with E-state index in [-0.39, 0.29) is 17.4 Å². The van der Waals surface area contributed by atoms with Crippen molar-refractivity contribution in [1.29, 1.82) is 0 Å². The molecule has 0 bridgehead atoms. The zero-order chi connectivity index (χ0) is 12.5. The first-order valence-electron chi connectivity index (χ1n) is 6.54. The number of aliphatic hydroxyl groups excluding tert-OH is 1. The highest BCUT2D eigenvalue weighted by atomic mass is 16.3. The van der Waals surface area contributed by atoms with Crippen LogP contribution in [0.3, 0.4) is 0 Å². The Kier molecular flexibility index (Phi) is 3.55.